The Morgan fingerprint density at radius 3 is 2.73 bits per heavy atom. The van der Waals surface area contributed by atoms with Crippen molar-refractivity contribution in [3.05, 3.63) is 57.6 Å². The summed E-state index contributed by atoms with van der Waals surface area (Å²) >= 11 is 12.0. The molecular formula is C15H12Cl2N6O3. The molecule has 2 heterocycles. The summed E-state index contributed by atoms with van der Waals surface area (Å²) in [7, 11) is 1.52. The molecule has 11 heteroatoms. The largest absolute Gasteiger partial charge is 0.476 e. The van der Waals surface area contributed by atoms with Crippen molar-refractivity contribution in [3.8, 4) is 0 Å². The Labute approximate surface area is 157 Å². The monoisotopic (exact) mass is 394 g/mol. The molecule has 0 atom stereocenters. The van der Waals surface area contributed by atoms with Gasteiger partial charge in [0.05, 0.1) is 12.1 Å². The normalized spacial score (nSPS) is 10.7. The number of aromatic carboxylic acids is 1. The lowest BCUT2D eigenvalue weighted by atomic mass is 10.2. The second-order valence-electron chi connectivity index (χ2n) is 5.33. The average Bonchev–Trinajstić information content (AvgIpc) is 3.16. The van der Waals surface area contributed by atoms with E-state index in [2.05, 4.69) is 20.5 Å². The first kappa shape index (κ1) is 17.9. The second kappa shape index (κ2) is 7.14. The highest BCUT2D eigenvalue weighted by Crippen LogP contribution is 2.21. The van der Waals surface area contributed by atoms with Crippen molar-refractivity contribution < 1.29 is 14.7 Å². The minimum Gasteiger partial charge on any atom is -0.476 e. The highest BCUT2D eigenvalue weighted by molar-refractivity contribution is 6.35. The van der Waals surface area contributed by atoms with Gasteiger partial charge in [-0.2, -0.15) is 5.10 Å². The molecule has 9 nitrogen and oxygen atoms in total. The molecule has 0 aliphatic heterocycles. The fourth-order valence-electron chi connectivity index (χ4n) is 2.23. The molecule has 0 fully saturated rings. The molecule has 0 unspecified atom stereocenters. The Balaban J connectivity index is 1.74. The van der Waals surface area contributed by atoms with Crippen LogP contribution in [-0.2, 0) is 13.6 Å². The third kappa shape index (κ3) is 3.84. The Hall–Kier alpha value is -2.91. The lowest BCUT2D eigenvalue weighted by Gasteiger charge is -2.04. The van der Waals surface area contributed by atoms with E-state index in [1.807, 2.05) is 0 Å². The molecule has 2 N–H and O–H groups in total. The van der Waals surface area contributed by atoms with E-state index in [9.17, 15) is 9.59 Å². The number of carbonyl (C=O) groups is 2. The topological polar surface area (TPSA) is 115 Å². The fourth-order valence-corrected chi connectivity index (χ4v) is 2.70. The SMILES string of the molecule is Cn1cc(C(=O)Nc2ncn(Cc3ccc(Cl)cc3Cl)n2)c(C(=O)O)n1. The predicted octanol–water partition coefficient (Wildman–Crippen LogP) is 2.32. The quantitative estimate of drug-likeness (QED) is 0.685. The Morgan fingerprint density at radius 2 is 2.04 bits per heavy atom. The van der Waals surface area contributed by atoms with Gasteiger partial charge < -0.3 is 5.11 Å². The molecule has 0 saturated heterocycles. The minimum atomic E-state index is -1.30. The van der Waals surface area contributed by atoms with Gasteiger partial charge >= 0.3 is 5.97 Å². The van der Waals surface area contributed by atoms with Crippen molar-refractivity contribution in [3.63, 3.8) is 0 Å². The smallest absolute Gasteiger partial charge is 0.357 e. The number of amides is 1. The molecule has 134 valence electrons. The van der Waals surface area contributed by atoms with Gasteiger partial charge in [-0.25, -0.2) is 14.5 Å². The first-order chi connectivity index (χ1) is 12.3. The number of aromatic nitrogens is 5. The Morgan fingerprint density at radius 1 is 1.27 bits per heavy atom. The van der Waals surface area contributed by atoms with Crippen molar-refractivity contribution in [1.29, 1.82) is 0 Å². The number of rotatable bonds is 5. The zero-order chi connectivity index (χ0) is 18.8. The van der Waals surface area contributed by atoms with Crippen molar-refractivity contribution in [2.45, 2.75) is 6.54 Å². The van der Waals surface area contributed by atoms with Gasteiger partial charge in [0, 0.05) is 23.3 Å². The van der Waals surface area contributed by atoms with E-state index in [0.717, 1.165) is 5.56 Å². The van der Waals surface area contributed by atoms with Crippen LogP contribution in [0.1, 0.15) is 26.4 Å². The van der Waals surface area contributed by atoms with Gasteiger partial charge in [0.15, 0.2) is 5.69 Å². The van der Waals surface area contributed by atoms with Crippen LogP contribution in [0.15, 0.2) is 30.7 Å². The zero-order valence-electron chi connectivity index (χ0n) is 13.3. The Kier molecular flexibility index (Phi) is 4.92. The van der Waals surface area contributed by atoms with Crippen molar-refractivity contribution in [2.75, 3.05) is 5.32 Å². The van der Waals surface area contributed by atoms with Gasteiger partial charge in [-0.3, -0.25) is 14.8 Å². The molecule has 1 aromatic carbocycles. The number of hydrogen-bond acceptors (Lipinski definition) is 5. The second-order valence-corrected chi connectivity index (χ2v) is 6.17. The summed E-state index contributed by atoms with van der Waals surface area (Å²) in [5, 5.41) is 20.4. The van der Waals surface area contributed by atoms with Gasteiger partial charge in [0.1, 0.15) is 6.33 Å². The number of carboxylic acids is 1. The number of halogens is 2. The average molecular weight is 395 g/mol. The molecule has 0 aliphatic carbocycles. The van der Waals surface area contributed by atoms with Crippen LogP contribution in [0, 0.1) is 0 Å². The first-order valence-corrected chi connectivity index (χ1v) is 8.00. The van der Waals surface area contributed by atoms with Crippen LogP contribution < -0.4 is 5.32 Å². The molecular weight excluding hydrogens is 383 g/mol. The third-order valence-electron chi connectivity index (χ3n) is 3.39. The Bertz CT molecular complexity index is 997. The lowest BCUT2D eigenvalue weighted by molar-refractivity contribution is 0.0685. The number of hydrogen-bond donors (Lipinski definition) is 2. The summed E-state index contributed by atoms with van der Waals surface area (Å²) in [6, 6.07) is 5.09. The maximum Gasteiger partial charge on any atom is 0.357 e. The number of benzene rings is 1. The fraction of sp³-hybridized carbons (Fsp3) is 0.133. The molecule has 0 bridgehead atoms. The molecule has 0 radical (unpaired) electrons. The van der Waals surface area contributed by atoms with Crippen molar-refractivity contribution in [2.24, 2.45) is 7.05 Å². The summed E-state index contributed by atoms with van der Waals surface area (Å²) in [5.41, 5.74) is 0.341. The summed E-state index contributed by atoms with van der Waals surface area (Å²) in [4.78, 5) is 27.4. The van der Waals surface area contributed by atoms with Crippen molar-refractivity contribution in [1.82, 2.24) is 24.5 Å². The first-order valence-electron chi connectivity index (χ1n) is 7.25. The van der Waals surface area contributed by atoms with E-state index < -0.39 is 11.9 Å². The number of nitrogens with zero attached hydrogens (tertiary/aromatic N) is 5. The van der Waals surface area contributed by atoms with E-state index in [1.165, 1.54) is 28.9 Å². The van der Waals surface area contributed by atoms with Crippen LogP contribution >= 0.6 is 23.2 Å². The zero-order valence-corrected chi connectivity index (χ0v) is 14.9. The third-order valence-corrected chi connectivity index (χ3v) is 3.97. The number of nitrogens with one attached hydrogen (secondary N) is 1. The summed E-state index contributed by atoms with van der Waals surface area (Å²) in [6.07, 6.45) is 2.73. The molecule has 26 heavy (non-hydrogen) atoms. The van der Waals surface area contributed by atoms with E-state index >= 15 is 0 Å². The number of carbonyl (C=O) groups excluding carboxylic acids is 1. The van der Waals surface area contributed by atoms with Crippen molar-refractivity contribution >= 4 is 41.0 Å². The summed E-state index contributed by atoms with van der Waals surface area (Å²) in [6.45, 7) is 0.326. The van der Waals surface area contributed by atoms with Gasteiger partial charge in [0.2, 0.25) is 5.95 Å². The van der Waals surface area contributed by atoms with E-state index in [0.29, 0.717) is 16.6 Å². The molecule has 0 aliphatic rings. The van der Waals surface area contributed by atoms with E-state index in [4.69, 9.17) is 28.3 Å². The minimum absolute atomic E-state index is 0.0280. The number of carboxylic acid groups (broad SMARTS) is 1. The molecule has 2 aromatic heterocycles. The number of anilines is 1. The lowest BCUT2D eigenvalue weighted by Crippen LogP contribution is -2.16. The van der Waals surface area contributed by atoms with Gasteiger partial charge in [0.25, 0.3) is 5.91 Å². The van der Waals surface area contributed by atoms with Gasteiger partial charge in [-0.15, -0.1) is 5.10 Å². The highest BCUT2D eigenvalue weighted by atomic mass is 35.5. The van der Waals surface area contributed by atoms with Gasteiger partial charge in [-0.05, 0) is 17.7 Å². The molecule has 0 spiro atoms. The van der Waals surface area contributed by atoms with E-state index in [1.54, 1.807) is 18.2 Å². The van der Waals surface area contributed by atoms with Crippen LogP contribution in [0.4, 0.5) is 5.95 Å². The molecule has 1 amide bonds. The summed E-state index contributed by atoms with van der Waals surface area (Å²) in [5.74, 6) is -1.94. The molecule has 3 aromatic rings. The van der Waals surface area contributed by atoms with Crippen LogP contribution in [0.2, 0.25) is 10.0 Å². The van der Waals surface area contributed by atoms with Crippen LogP contribution in [0.25, 0.3) is 0 Å². The van der Waals surface area contributed by atoms with Crippen LogP contribution in [0.3, 0.4) is 0 Å². The van der Waals surface area contributed by atoms with E-state index in [-0.39, 0.29) is 17.2 Å². The molecule has 0 saturated carbocycles. The highest BCUT2D eigenvalue weighted by Gasteiger charge is 2.21. The summed E-state index contributed by atoms with van der Waals surface area (Å²) < 4.78 is 2.72. The maximum absolute atomic E-state index is 12.3. The van der Waals surface area contributed by atoms with Gasteiger partial charge in [-0.1, -0.05) is 29.3 Å². The standard InChI is InChI=1S/C15H12Cl2N6O3/c1-22-6-10(12(20-22)14(25)26)13(24)19-15-18-7-23(21-15)5-8-2-3-9(16)4-11(8)17/h2-4,6-7H,5H2,1H3,(H,25,26)(H,19,21,24). The number of aryl methyl sites for hydroxylation is 1. The van der Waals surface area contributed by atoms with Crippen LogP contribution in [0.5, 0.6) is 0 Å². The molecule has 3 rings (SSSR count). The maximum atomic E-state index is 12.3. The predicted molar refractivity (Wildman–Crippen MR) is 93.7 cm³/mol. The van der Waals surface area contributed by atoms with Crippen LogP contribution in [-0.4, -0.2) is 41.5 Å².